The minimum atomic E-state index is 0.341. The topological polar surface area (TPSA) is 26.0 Å². The second kappa shape index (κ2) is 4.52. The van der Waals surface area contributed by atoms with Gasteiger partial charge in [-0.3, -0.25) is 0 Å². The summed E-state index contributed by atoms with van der Waals surface area (Å²) in [5, 5.41) is 2.13. The largest absolute Gasteiger partial charge is 0.333 e. The molecule has 0 bridgehead atoms. The Hall–Kier alpha value is -0.340. The highest BCUT2D eigenvalue weighted by molar-refractivity contribution is 7.10. The zero-order valence-corrected chi connectivity index (χ0v) is 8.53. The number of thiophene rings is 1. The Bertz CT molecular complexity index is 172. The molecule has 0 unspecified atom stereocenters. The van der Waals surface area contributed by atoms with Crippen molar-refractivity contribution in [1.82, 2.24) is 0 Å². The van der Waals surface area contributed by atoms with Crippen LogP contribution in [0.4, 0.5) is 0 Å². The van der Waals surface area contributed by atoms with E-state index in [4.69, 9.17) is 0 Å². The molecule has 0 fully saturated rings. The van der Waals surface area contributed by atoms with Crippen molar-refractivity contribution in [1.29, 1.82) is 0 Å². The van der Waals surface area contributed by atoms with Crippen LogP contribution in [0.3, 0.4) is 0 Å². The summed E-state index contributed by atoms with van der Waals surface area (Å²) in [6.45, 7) is 6.70. The molecule has 0 atom stereocenters. The molecule has 0 radical (unpaired) electrons. The van der Waals surface area contributed by atoms with Crippen molar-refractivity contribution in [3.8, 4) is 0 Å². The monoisotopic (exact) mass is 171 g/mol. The highest BCUT2D eigenvalue weighted by atomic mass is 32.1. The quantitative estimate of drug-likeness (QED) is 0.638. The Morgan fingerprint density at radius 3 is 2.00 bits per heavy atom. The van der Waals surface area contributed by atoms with Crippen LogP contribution in [0.25, 0.3) is 0 Å². The van der Waals surface area contributed by atoms with Crippen LogP contribution in [-0.2, 0) is 5.41 Å². The summed E-state index contributed by atoms with van der Waals surface area (Å²) in [6, 6.07) is 4.29. The minimum absolute atomic E-state index is 0.341. The van der Waals surface area contributed by atoms with Crippen molar-refractivity contribution >= 4 is 11.3 Å². The SMILES string of the molecule is CC(C)(C)c1cccs1.CN. The fraction of sp³-hybridized carbons (Fsp3) is 0.556. The fourth-order valence-electron chi connectivity index (χ4n) is 0.705. The number of hydrogen-bond acceptors (Lipinski definition) is 2. The maximum atomic E-state index is 4.50. The van der Waals surface area contributed by atoms with Crippen molar-refractivity contribution < 1.29 is 0 Å². The second-order valence-electron chi connectivity index (χ2n) is 3.23. The van der Waals surface area contributed by atoms with Crippen LogP contribution in [0.5, 0.6) is 0 Å². The predicted molar refractivity (Wildman–Crippen MR) is 53.1 cm³/mol. The van der Waals surface area contributed by atoms with Gasteiger partial charge in [-0.05, 0) is 23.9 Å². The fourth-order valence-corrected chi connectivity index (χ4v) is 1.52. The van der Waals surface area contributed by atoms with Gasteiger partial charge in [-0.15, -0.1) is 11.3 Å². The average Bonchev–Trinajstić information content (AvgIpc) is 2.40. The van der Waals surface area contributed by atoms with E-state index in [0.29, 0.717) is 5.41 Å². The van der Waals surface area contributed by atoms with Crippen molar-refractivity contribution in [2.24, 2.45) is 5.73 Å². The second-order valence-corrected chi connectivity index (χ2v) is 4.17. The third-order valence-electron chi connectivity index (χ3n) is 1.26. The van der Waals surface area contributed by atoms with E-state index in [1.165, 1.54) is 11.9 Å². The summed E-state index contributed by atoms with van der Waals surface area (Å²) in [4.78, 5) is 1.46. The molecule has 0 aromatic carbocycles. The first-order chi connectivity index (χ1) is 5.11. The van der Waals surface area contributed by atoms with Gasteiger partial charge in [-0.2, -0.15) is 0 Å². The van der Waals surface area contributed by atoms with Gasteiger partial charge in [0.25, 0.3) is 0 Å². The molecule has 0 amide bonds. The molecule has 1 rings (SSSR count). The zero-order chi connectivity index (χ0) is 8.91. The van der Waals surface area contributed by atoms with Gasteiger partial charge in [0.05, 0.1) is 0 Å². The normalized spacial score (nSPS) is 10.3. The van der Waals surface area contributed by atoms with Crippen LogP contribution in [0.2, 0.25) is 0 Å². The van der Waals surface area contributed by atoms with Crippen molar-refractivity contribution in [2.75, 3.05) is 7.05 Å². The Morgan fingerprint density at radius 1 is 1.27 bits per heavy atom. The van der Waals surface area contributed by atoms with E-state index in [1.54, 1.807) is 0 Å². The summed E-state index contributed by atoms with van der Waals surface area (Å²) in [5.74, 6) is 0. The molecule has 64 valence electrons. The highest BCUT2D eigenvalue weighted by Gasteiger charge is 2.13. The first kappa shape index (κ1) is 10.7. The van der Waals surface area contributed by atoms with Gasteiger partial charge in [0, 0.05) is 4.88 Å². The van der Waals surface area contributed by atoms with Crippen LogP contribution in [0.1, 0.15) is 25.6 Å². The molecule has 0 aliphatic heterocycles. The van der Waals surface area contributed by atoms with Crippen LogP contribution in [-0.4, -0.2) is 7.05 Å². The van der Waals surface area contributed by atoms with Gasteiger partial charge >= 0.3 is 0 Å². The Kier molecular flexibility index (Phi) is 4.38. The summed E-state index contributed by atoms with van der Waals surface area (Å²) >= 11 is 1.83. The van der Waals surface area contributed by atoms with Gasteiger partial charge < -0.3 is 5.73 Å². The highest BCUT2D eigenvalue weighted by Crippen LogP contribution is 2.25. The van der Waals surface area contributed by atoms with E-state index >= 15 is 0 Å². The van der Waals surface area contributed by atoms with Crippen molar-refractivity contribution in [3.05, 3.63) is 22.4 Å². The van der Waals surface area contributed by atoms with Gasteiger partial charge in [0.15, 0.2) is 0 Å². The predicted octanol–water partition coefficient (Wildman–Crippen LogP) is 2.62. The molecular weight excluding hydrogens is 154 g/mol. The molecule has 0 aliphatic carbocycles. The van der Waals surface area contributed by atoms with Gasteiger partial charge in [-0.25, -0.2) is 0 Å². The molecule has 0 spiro atoms. The molecule has 2 heteroatoms. The molecular formula is C9H17NS. The van der Waals surface area contributed by atoms with Crippen LogP contribution in [0.15, 0.2) is 17.5 Å². The van der Waals surface area contributed by atoms with E-state index in [0.717, 1.165) is 0 Å². The lowest BCUT2D eigenvalue weighted by atomic mass is 9.95. The molecule has 1 nitrogen and oxygen atoms in total. The Balaban J connectivity index is 0.000000461. The van der Waals surface area contributed by atoms with Crippen LogP contribution >= 0.6 is 11.3 Å². The number of nitrogens with two attached hydrogens (primary N) is 1. The van der Waals surface area contributed by atoms with Crippen LogP contribution in [0, 0.1) is 0 Å². The summed E-state index contributed by atoms with van der Waals surface area (Å²) < 4.78 is 0. The Labute approximate surface area is 73.2 Å². The van der Waals surface area contributed by atoms with Gasteiger partial charge in [0.1, 0.15) is 0 Å². The molecule has 0 saturated heterocycles. The third kappa shape index (κ3) is 3.54. The molecule has 1 aromatic rings. The van der Waals surface area contributed by atoms with Crippen LogP contribution < -0.4 is 5.73 Å². The van der Waals surface area contributed by atoms with E-state index in [1.807, 2.05) is 11.3 Å². The molecule has 1 heterocycles. The molecule has 0 saturated carbocycles. The Morgan fingerprint density at radius 2 is 1.82 bits per heavy atom. The van der Waals surface area contributed by atoms with Crippen molar-refractivity contribution in [2.45, 2.75) is 26.2 Å². The first-order valence-corrected chi connectivity index (χ1v) is 4.60. The van der Waals surface area contributed by atoms with Gasteiger partial charge in [0.2, 0.25) is 0 Å². The summed E-state index contributed by atoms with van der Waals surface area (Å²) in [7, 11) is 1.50. The van der Waals surface area contributed by atoms with Crippen molar-refractivity contribution in [3.63, 3.8) is 0 Å². The standard InChI is InChI=1S/C8H12S.CH5N/c1-8(2,3)7-5-4-6-9-7;1-2/h4-6H,1-3H3;2H2,1H3. The maximum absolute atomic E-state index is 4.50. The van der Waals surface area contributed by atoms with E-state index in [2.05, 4.69) is 44.0 Å². The lowest BCUT2D eigenvalue weighted by Gasteiger charge is -2.14. The molecule has 2 N–H and O–H groups in total. The third-order valence-corrected chi connectivity index (χ3v) is 2.56. The molecule has 11 heavy (non-hydrogen) atoms. The number of rotatable bonds is 0. The lowest BCUT2D eigenvalue weighted by Crippen LogP contribution is -2.07. The zero-order valence-electron chi connectivity index (χ0n) is 7.72. The van der Waals surface area contributed by atoms with E-state index in [9.17, 15) is 0 Å². The first-order valence-electron chi connectivity index (χ1n) is 3.72. The molecule has 1 aromatic heterocycles. The lowest BCUT2D eigenvalue weighted by molar-refractivity contribution is 0.604. The maximum Gasteiger partial charge on any atom is 0.00987 e. The van der Waals surface area contributed by atoms with E-state index < -0.39 is 0 Å². The average molecular weight is 171 g/mol. The van der Waals surface area contributed by atoms with Gasteiger partial charge in [-0.1, -0.05) is 26.8 Å². The number of hydrogen-bond donors (Lipinski definition) is 1. The minimum Gasteiger partial charge on any atom is -0.333 e. The molecule has 0 aliphatic rings. The smallest absolute Gasteiger partial charge is 0.00987 e. The summed E-state index contributed by atoms with van der Waals surface area (Å²) in [5.41, 5.74) is 4.84. The summed E-state index contributed by atoms with van der Waals surface area (Å²) in [6.07, 6.45) is 0. The van der Waals surface area contributed by atoms with E-state index in [-0.39, 0.29) is 0 Å².